The first kappa shape index (κ1) is 37.9. The molecule has 1 fully saturated rings. The Balaban J connectivity index is 2.80. The van der Waals surface area contributed by atoms with Gasteiger partial charge in [-0.05, 0) is 32.1 Å². The van der Waals surface area contributed by atoms with Gasteiger partial charge in [0, 0.05) is 0 Å². The Kier molecular flexibility index (Phi) is 22.0. The summed E-state index contributed by atoms with van der Waals surface area (Å²) in [7, 11) is 0. The fourth-order valence-electron chi connectivity index (χ4n) is 5.75. The third-order valence-corrected chi connectivity index (χ3v) is 8.44. The van der Waals surface area contributed by atoms with E-state index in [1.165, 1.54) is 19.3 Å². The summed E-state index contributed by atoms with van der Waals surface area (Å²) in [6.45, 7) is 7.19. The molecule has 1 aliphatic carbocycles. The van der Waals surface area contributed by atoms with Crippen LogP contribution in [0.3, 0.4) is 0 Å². The average molecular weight is 597 g/mol. The van der Waals surface area contributed by atoms with E-state index < -0.39 is 47.5 Å². The van der Waals surface area contributed by atoms with Gasteiger partial charge in [0.2, 0.25) is 0 Å². The van der Waals surface area contributed by atoms with Gasteiger partial charge in [-0.25, -0.2) is 0 Å². The number of carbonyl (C=O) groups excluding carboxylic acids is 3. The Bertz CT molecular complexity index is 752. The molecule has 8 nitrogen and oxygen atoms in total. The SMILES string of the molecule is CCCCCCCCOC(=O)C1CC(C(=O)OCCCCCCCC)C(C(=O)OCCCCCCCC)CC1C(=O)O. The first-order chi connectivity index (χ1) is 20.4. The normalized spacial score (nSPS) is 20.2. The average Bonchev–Trinajstić information content (AvgIpc) is 2.98. The van der Waals surface area contributed by atoms with Crippen LogP contribution in [0.1, 0.15) is 149 Å². The van der Waals surface area contributed by atoms with Gasteiger partial charge in [0.15, 0.2) is 0 Å². The van der Waals surface area contributed by atoms with Crippen LogP contribution in [0.15, 0.2) is 0 Å². The summed E-state index contributed by atoms with van der Waals surface area (Å²) in [5.41, 5.74) is 0. The predicted octanol–water partition coefficient (Wildman–Crippen LogP) is 8.04. The van der Waals surface area contributed by atoms with Gasteiger partial charge in [0.05, 0.1) is 43.5 Å². The van der Waals surface area contributed by atoms with Crippen molar-refractivity contribution in [2.75, 3.05) is 19.8 Å². The second-order valence-corrected chi connectivity index (χ2v) is 12.0. The Morgan fingerprint density at radius 3 is 1.02 bits per heavy atom. The lowest BCUT2D eigenvalue weighted by Crippen LogP contribution is -2.46. The minimum Gasteiger partial charge on any atom is -0.481 e. The van der Waals surface area contributed by atoms with Crippen molar-refractivity contribution in [1.82, 2.24) is 0 Å². The molecule has 0 aromatic rings. The quantitative estimate of drug-likeness (QED) is 0.0639. The van der Waals surface area contributed by atoms with Crippen LogP contribution in [-0.4, -0.2) is 48.8 Å². The summed E-state index contributed by atoms with van der Waals surface area (Å²) in [5.74, 6) is -6.89. The Morgan fingerprint density at radius 2 is 0.714 bits per heavy atom. The molecular weight excluding hydrogens is 536 g/mol. The van der Waals surface area contributed by atoms with Crippen LogP contribution < -0.4 is 0 Å². The molecule has 244 valence electrons. The molecule has 0 bridgehead atoms. The summed E-state index contributed by atoms with van der Waals surface area (Å²) in [4.78, 5) is 51.6. The van der Waals surface area contributed by atoms with Crippen molar-refractivity contribution in [3.05, 3.63) is 0 Å². The summed E-state index contributed by atoms with van der Waals surface area (Å²) < 4.78 is 16.6. The van der Waals surface area contributed by atoms with Gasteiger partial charge in [0.1, 0.15) is 0 Å². The van der Waals surface area contributed by atoms with Crippen molar-refractivity contribution in [3.8, 4) is 0 Å². The lowest BCUT2D eigenvalue weighted by Gasteiger charge is -2.36. The summed E-state index contributed by atoms with van der Waals surface area (Å²) in [6.07, 6.45) is 18.5. The Hall–Kier alpha value is -2.12. The fraction of sp³-hybridized carbons (Fsp3) is 0.882. The maximum absolute atomic E-state index is 13.2. The monoisotopic (exact) mass is 596 g/mol. The van der Waals surface area contributed by atoms with Crippen molar-refractivity contribution < 1.29 is 38.5 Å². The van der Waals surface area contributed by atoms with Crippen molar-refractivity contribution in [2.24, 2.45) is 23.7 Å². The van der Waals surface area contributed by atoms with Crippen molar-refractivity contribution in [1.29, 1.82) is 0 Å². The van der Waals surface area contributed by atoms with E-state index in [9.17, 15) is 24.3 Å². The van der Waals surface area contributed by atoms with E-state index in [4.69, 9.17) is 14.2 Å². The third-order valence-electron chi connectivity index (χ3n) is 8.44. The first-order valence-electron chi connectivity index (χ1n) is 17.1. The predicted molar refractivity (Wildman–Crippen MR) is 164 cm³/mol. The van der Waals surface area contributed by atoms with E-state index in [0.717, 1.165) is 96.3 Å². The number of hydrogen-bond acceptors (Lipinski definition) is 7. The number of carbonyl (C=O) groups is 4. The molecule has 1 N–H and O–H groups in total. The summed E-state index contributed by atoms with van der Waals surface area (Å²) >= 11 is 0. The number of carboxylic acids is 1. The van der Waals surface area contributed by atoms with Crippen LogP contribution in [0, 0.1) is 23.7 Å². The highest BCUT2D eigenvalue weighted by atomic mass is 16.5. The minimum absolute atomic E-state index is 0.0849. The molecule has 0 heterocycles. The van der Waals surface area contributed by atoms with E-state index >= 15 is 0 Å². The minimum atomic E-state index is -1.16. The largest absolute Gasteiger partial charge is 0.481 e. The van der Waals surface area contributed by atoms with Crippen LogP contribution in [0.5, 0.6) is 0 Å². The van der Waals surface area contributed by atoms with Gasteiger partial charge in [-0.1, -0.05) is 117 Å². The van der Waals surface area contributed by atoms with Gasteiger partial charge in [-0.15, -0.1) is 0 Å². The van der Waals surface area contributed by atoms with E-state index in [1.807, 2.05) is 0 Å². The fourth-order valence-corrected chi connectivity index (χ4v) is 5.75. The van der Waals surface area contributed by atoms with Crippen molar-refractivity contribution in [2.45, 2.75) is 149 Å². The van der Waals surface area contributed by atoms with E-state index in [0.29, 0.717) is 0 Å². The molecule has 0 amide bonds. The molecule has 4 unspecified atom stereocenters. The molecule has 1 saturated carbocycles. The molecule has 0 saturated heterocycles. The maximum atomic E-state index is 13.2. The van der Waals surface area contributed by atoms with E-state index in [-0.39, 0.29) is 32.7 Å². The number of unbranched alkanes of at least 4 members (excludes halogenated alkanes) is 15. The van der Waals surface area contributed by atoms with Gasteiger partial charge in [-0.2, -0.15) is 0 Å². The van der Waals surface area contributed by atoms with E-state index in [2.05, 4.69) is 20.8 Å². The molecule has 0 aromatic heterocycles. The smallest absolute Gasteiger partial charge is 0.309 e. The highest BCUT2D eigenvalue weighted by molar-refractivity contribution is 5.87. The molecule has 0 aromatic carbocycles. The lowest BCUT2D eigenvalue weighted by atomic mass is 9.68. The zero-order valence-electron chi connectivity index (χ0n) is 26.9. The zero-order valence-corrected chi connectivity index (χ0v) is 26.9. The number of ether oxygens (including phenoxy) is 3. The lowest BCUT2D eigenvalue weighted by molar-refractivity contribution is -0.174. The molecule has 1 rings (SSSR count). The maximum Gasteiger partial charge on any atom is 0.309 e. The molecule has 0 aliphatic heterocycles. The number of hydrogen-bond donors (Lipinski definition) is 1. The van der Waals surface area contributed by atoms with Crippen molar-refractivity contribution >= 4 is 23.9 Å². The number of aliphatic carboxylic acids is 1. The third kappa shape index (κ3) is 15.9. The molecule has 0 radical (unpaired) electrons. The zero-order chi connectivity index (χ0) is 31.0. The second kappa shape index (κ2) is 24.3. The van der Waals surface area contributed by atoms with Crippen LogP contribution >= 0.6 is 0 Å². The first-order valence-corrected chi connectivity index (χ1v) is 17.1. The van der Waals surface area contributed by atoms with Crippen LogP contribution in [-0.2, 0) is 33.4 Å². The molecule has 0 spiro atoms. The topological polar surface area (TPSA) is 116 Å². The van der Waals surface area contributed by atoms with Gasteiger partial charge in [-0.3, -0.25) is 19.2 Å². The van der Waals surface area contributed by atoms with Crippen LogP contribution in [0.4, 0.5) is 0 Å². The second-order valence-electron chi connectivity index (χ2n) is 12.0. The Morgan fingerprint density at radius 1 is 0.452 bits per heavy atom. The molecule has 1 aliphatic rings. The van der Waals surface area contributed by atoms with Crippen LogP contribution in [0.25, 0.3) is 0 Å². The molecule has 8 heteroatoms. The van der Waals surface area contributed by atoms with Crippen molar-refractivity contribution in [3.63, 3.8) is 0 Å². The standard InChI is InChI=1S/C34H60O8/c1-4-7-10-13-16-19-22-40-32(37)28-26-30(34(39)42-24-21-18-15-12-9-6-3)29(25-27(28)31(35)36)33(38)41-23-20-17-14-11-8-5-2/h27-30H,4-26H2,1-3H3,(H,35,36). The highest BCUT2D eigenvalue weighted by Gasteiger charge is 2.50. The van der Waals surface area contributed by atoms with Gasteiger partial charge >= 0.3 is 23.9 Å². The van der Waals surface area contributed by atoms with Gasteiger partial charge in [0.25, 0.3) is 0 Å². The molecular formula is C34H60O8. The summed E-state index contributed by atoms with van der Waals surface area (Å²) in [5, 5.41) is 9.98. The number of carboxylic acid groups (broad SMARTS) is 1. The highest BCUT2D eigenvalue weighted by Crippen LogP contribution is 2.40. The molecule has 42 heavy (non-hydrogen) atoms. The van der Waals surface area contributed by atoms with Crippen LogP contribution in [0.2, 0.25) is 0 Å². The number of esters is 3. The Labute approximate surface area is 255 Å². The number of rotatable bonds is 25. The van der Waals surface area contributed by atoms with E-state index in [1.54, 1.807) is 0 Å². The van der Waals surface area contributed by atoms with Gasteiger partial charge < -0.3 is 19.3 Å². The molecule has 4 atom stereocenters. The summed E-state index contributed by atoms with van der Waals surface area (Å²) in [6, 6.07) is 0.